The van der Waals surface area contributed by atoms with Crippen LogP contribution in [0.2, 0.25) is 0 Å². The van der Waals surface area contributed by atoms with Crippen molar-refractivity contribution in [3.8, 4) is 6.07 Å². The van der Waals surface area contributed by atoms with Crippen LogP contribution in [0, 0.1) is 25.2 Å². The van der Waals surface area contributed by atoms with Crippen LogP contribution in [-0.4, -0.2) is 0 Å². The molecule has 0 aliphatic heterocycles. The minimum absolute atomic E-state index is 0.493. The van der Waals surface area contributed by atoms with Crippen molar-refractivity contribution in [2.24, 2.45) is 0 Å². The smallest absolute Gasteiger partial charge is 0.101 e. The summed E-state index contributed by atoms with van der Waals surface area (Å²) in [5.41, 5.74) is 11.2. The van der Waals surface area contributed by atoms with E-state index in [4.69, 9.17) is 11.0 Å². The summed E-state index contributed by atoms with van der Waals surface area (Å²) in [6, 6.07) is 13.5. The predicted molar refractivity (Wildman–Crippen MR) is 74.8 cm³/mol. The van der Waals surface area contributed by atoms with E-state index in [-0.39, 0.29) is 0 Å². The lowest BCUT2D eigenvalue weighted by atomic mass is 10.1. The van der Waals surface area contributed by atoms with Crippen molar-refractivity contribution in [3.05, 3.63) is 53.1 Å². The highest BCUT2D eigenvalue weighted by Gasteiger charge is 2.03. The van der Waals surface area contributed by atoms with Gasteiger partial charge in [-0.15, -0.1) is 0 Å². The fourth-order valence-corrected chi connectivity index (χ4v) is 1.78. The van der Waals surface area contributed by atoms with Gasteiger partial charge in [-0.1, -0.05) is 12.1 Å². The maximum absolute atomic E-state index is 8.83. The molecule has 18 heavy (non-hydrogen) atoms. The van der Waals surface area contributed by atoms with E-state index in [0.717, 1.165) is 11.4 Å². The minimum atomic E-state index is 0.493. The quantitative estimate of drug-likeness (QED) is 0.786. The van der Waals surface area contributed by atoms with E-state index >= 15 is 0 Å². The number of hydrogen-bond donors (Lipinski definition) is 2. The average Bonchev–Trinajstić information content (AvgIpc) is 2.35. The molecule has 3 nitrogen and oxygen atoms in total. The van der Waals surface area contributed by atoms with Gasteiger partial charge in [0.1, 0.15) is 6.07 Å². The van der Waals surface area contributed by atoms with Gasteiger partial charge in [-0.2, -0.15) is 5.26 Å². The first-order valence-electron chi connectivity index (χ1n) is 5.74. The van der Waals surface area contributed by atoms with Crippen LogP contribution in [0.4, 0.5) is 17.1 Å². The summed E-state index contributed by atoms with van der Waals surface area (Å²) < 4.78 is 0. The molecule has 2 aromatic rings. The predicted octanol–water partition coefficient (Wildman–Crippen LogP) is 3.50. The third-order valence-corrected chi connectivity index (χ3v) is 3.06. The van der Waals surface area contributed by atoms with Crippen molar-refractivity contribution < 1.29 is 0 Å². The van der Waals surface area contributed by atoms with E-state index in [1.165, 1.54) is 11.1 Å². The van der Waals surface area contributed by atoms with E-state index < -0.39 is 0 Å². The lowest BCUT2D eigenvalue weighted by Crippen LogP contribution is -1.97. The van der Waals surface area contributed by atoms with Gasteiger partial charge in [0, 0.05) is 11.4 Å². The zero-order valence-electron chi connectivity index (χ0n) is 10.5. The molecule has 0 fully saturated rings. The normalized spacial score (nSPS) is 9.83. The van der Waals surface area contributed by atoms with E-state index in [0.29, 0.717) is 11.3 Å². The number of nitrogens with zero attached hydrogens (tertiary/aromatic N) is 1. The number of nitrogens with two attached hydrogens (primary N) is 1. The Bertz CT molecular complexity index is 624. The Hall–Kier alpha value is -2.47. The van der Waals surface area contributed by atoms with E-state index in [1.807, 2.05) is 18.2 Å². The van der Waals surface area contributed by atoms with Crippen LogP contribution in [0.5, 0.6) is 0 Å². The number of hydrogen-bond acceptors (Lipinski definition) is 3. The Morgan fingerprint density at radius 3 is 2.61 bits per heavy atom. The molecule has 0 atom stereocenters. The number of rotatable bonds is 2. The SMILES string of the molecule is Cc1cccc(Nc2ccc(C#N)c(N)c2)c1C. The maximum Gasteiger partial charge on any atom is 0.101 e. The van der Waals surface area contributed by atoms with E-state index in [2.05, 4.69) is 31.3 Å². The van der Waals surface area contributed by atoms with E-state index in [1.54, 1.807) is 12.1 Å². The fraction of sp³-hybridized carbons (Fsp3) is 0.133. The molecule has 0 aromatic heterocycles. The highest BCUT2D eigenvalue weighted by atomic mass is 14.9. The fourth-order valence-electron chi connectivity index (χ4n) is 1.78. The standard InChI is InChI=1S/C15H15N3/c1-10-4-3-5-15(11(10)2)18-13-7-6-12(9-16)14(17)8-13/h3-8,18H,17H2,1-2H3. The topological polar surface area (TPSA) is 61.8 Å². The third-order valence-electron chi connectivity index (χ3n) is 3.06. The Morgan fingerprint density at radius 1 is 1.17 bits per heavy atom. The second-order valence-electron chi connectivity index (χ2n) is 4.29. The molecule has 0 unspecified atom stereocenters. The molecule has 0 aliphatic rings. The largest absolute Gasteiger partial charge is 0.398 e. The van der Waals surface area contributed by atoms with Gasteiger partial charge in [0.2, 0.25) is 0 Å². The summed E-state index contributed by atoms with van der Waals surface area (Å²) in [5.74, 6) is 0. The summed E-state index contributed by atoms with van der Waals surface area (Å²) in [5, 5.41) is 12.1. The van der Waals surface area contributed by atoms with Crippen LogP contribution in [0.25, 0.3) is 0 Å². The molecular formula is C15H15N3. The lowest BCUT2D eigenvalue weighted by molar-refractivity contribution is 1.33. The van der Waals surface area contributed by atoms with Gasteiger partial charge in [0.25, 0.3) is 0 Å². The highest BCUT2D eigenvalue weighted by molar-refractivity contribution is 5.69. The van der Waals surface area contributed by atoms with Crippen LogP contribution < -0.4 is 11.1 Å². The number of anilines is 3. The Kier molecular flexibility index (Phi) is 3.20. The first kappa shape index (κ1) is 12.0. The second kappa shape index (κ2) is 4.80. The molecule has 0 heterocycles. The Labute approximate surface area is 107 Å². The highest BCUT2D eigenvalue weighted by Crippen LogP contribution is 2.25. The van der Waals surface area contributed by atoms with Crippen LogP contribution in [-0.2, 0) is 0 Å². The number of nitrogens with one attached hydrogen (secondary N) is 1. The summed E-state index contributed by atoms with van der Waals surface area (Å²) in [4.78, 5) is 0. The molecule has 0 aliphatic carbocycles. The van der Waals surface area contributed by atoms with Crippen LogP contribution in [0.3, 0.4) is 0 Å². The molecule has 0 amide bonds. The third kappa shape index (κ3) is 2.28. The number of aryl methyl sites for hydroxylation is 1. The molecule has 3 heteroatoms. The van der Waals surface area contributed by atoms with Gasteiger partial charge in [-0.25, -0.2) is 0 Å². The average molecular weight is 237 g/mol. The minimum Gasteiger partial charge on any atom is -0.398 e. The molecule has 2 rings (SSSR count). The molecule has 90 valence electrons. The van der Waals surface area contributed by atoms with Crippen molar-refractivity contribution in [2.75, 3.05) is 11.1 Å². The number of nitriles is 1. The maximum atomic E-state index is 8.83. The Balaban J connectivity index is 2.32. The number of nitrogen functional groups attached to an aromatic ring is 1. The molecule has 0 spiro atoms. The summed E-state index contributed by atoms with van der Waals surface area (Å²) >= 11 is 0. The molecule has 0 saturated carbocycles. The van der Waals surface area contributed by atoms with Crippen molar-refractivity contribution >= 4 is 17.1 Å². The zero-order valence-corrected chi connectivity index (χ0v) is 10.5. The molecule has 0 bridgehead atoms. The first-order chi connectivity index (χ1) is 8.61. The van der Waals surface area contributed by atoms with Gasteiger partial charge >= 0.3 is 0 Å². The van der Waals surface area contributed by atoms with Crippen molar-refractivity contribution in [3.63, 3.8) is 0 Å². The molecular weight excluding hydrogens is 222 g/mol. The van der Waals surface area contributed by atoms with Crippen LogP contribution in [0.1, 0.15) is 16.7 Å². The lowest BCUT2D eigenvalue weighted by Gasteiger charge is -2.12. The first-order valence-corrected chi connectivity index (χ1v) is 5.74. The van der Waals surface area contributed by atoms with Gasteiger partial charge < -0.3 is 11.1 Å². The van der Waals surface area contributed by atoms with Gasteiger partial charge in [-0.3, -0.25) is 0 Å². The zero-order chi connectivity index (χ0) is 13.1. The van der Waals surface area contributed by atoms with E-state index in [9.17, 15) is 0 Å². The molecule has 3 N–H and O–H groups in total. The van der Waals surface area contributed by atoms with Gasteiger partial charge in [0.05, 0.1) is 11.3 Å². The van der Waals surface area contributed by atoms with Crippen molar-refractivity contribution in [1.29, 1.82) is 5.26 Å². The second-order valence-corrected chi connectivity index (χ2v) is 4.29. The summed E-state index contributed by atoms with van der Waals surface area (Å²) in [7, 11) is 0. The molecule has 0 saturated heterocycles. The summed E-state index contributed by atoms with van der Waals surface area (Å²) in [6.07, 6.45) is 0. The van der Waals surface area contributed by atoms with Crippen molar-refractivity contribution in [2.45, 2.75) is 13.8 Å². The number of benzene rings is 2. The van der Waals surface area contributed by atoms with Gasteiger partial charge in [0.15, 0.2) is 0 Å². The van der Waals surface area contributed by atoms with Gasteiger partial charge in [-0.05, 0) is 49.2 Å². The summed E-state index contributed by atoms with van der Waals surface area (Å²) in [6.45, 7) is 4.15. The molecule has 2 aromatic carbocycles. The molecule has 0 radical (unpaired) electrons. The Morgan fingerprint density at radius 2 is 1.94 bits per heavy atom. The van der Waals surface area contributed by atoms with Crippen LogP contribution in [0.15, 0.2) is 36.4 Å². The monoisotopic (exact) mass is 237 g/mol. The van der Waals surface area contributed by atoms with Crippen molar-refractivity contribution in [1.82, 2.24) is 0 Å². The van der Waals surface area contributed by atoms with Crippen LogP contribution >= 0.6 is 0 Å².